The van der Waals surface area contributed by atoms with E-state index in [2.05, 4.69) is 0 Å². The van der Waals surface area contributed by atoms with E-state index in [0.717, 1.165) is 12.8 Å². The van der Waals surface area contributed by atoms with Crippen molar-refractivity contribution >= 4 is 9.84 Å². The first-order chi connectivity index (χ1) is 7.90. The summed E-state index contributed by atoms with van der Waals surface area (Å²) in [6, 6.07) is 8.94. The van der Waals surface area contributed by atoms with E-state index in [1.54, 1.807) is 24.3 Å². The average Bonchev–Trinajstić information content (AvgIpc) is 2.27. The number of rotatable bonds is 4. The molecule has 2 N–H and O–H groups in total. The normalized spacial score (nSPS) is 10.9. The van der Waals surface area contributed by atoms with Crippen molar-refractivity contribution in [1.29, 1.82) is 0 Å². The lowest BCUT2D eigenvalue weighted by Crippen LogP contribution is -2.06. The quantitative estimate of drug-likeness (QED) is 0.902. The lowest BCUT2D eigenvalue weighted by atomic mass is 10.4. The molecule has 0 heterocycles. The fourth-order valence-electron chi connectivity index (χ4n) is 1.08. The van der Waals surface area contributed by atoms with E-state index in [0.29, 0.717) is 10.9 Å². The minimum Gasteiger partial charge on any atom is -0.328 e. The highest BCUT2D eigenvalue weighted by molar-refractivity contribution is 7.91. The topological polar surface area (TPSA) is 60.2 Å². The zero-order valence-corrected chi connectivity index (χ0v) is 11.7. The summed E-state index contributed by atoms with van der Waals surface area (Å²) < 4.78 is 23.2. The van der Waals surface area contributed by atoms with E-state index in [9.17, 15) is 8.42 Å². The third kappa shape index (κ3) is 7.94. The van der Waals surface area contributed by atoms with Gasteiger partial charge >= 0.3 is 0 Å². The van der Waals surface area contributed by atoms with E-state index in [1.807, 2.05) is 26.8 Å². The van der Waals surface area contributed by atoms with Crippen LogP contribution in [0.4, 0.5) is 0 Å². The fraction of sp³-hybridized carbons (Fsp3) is 0.538. The minimum absolute atomic E-state index is 0.257. The van der Waals surface area contributed by atoms with Crippen molar-refractivity contribution in [3.63, 3.8) is 0 Å². The fourth-order valence-corrected chi connectivity index (χ4v) is 2.56. The molecule has 0 aromatic heterocycles. The van der Waals surface area contributed by atoms with Gasteiger partial charge in [0.15, 0.2) is 9.84 Å². The van der Waals surface area contributed by atoms with Crippen LogP contribution in [0.25, 0.3) is 0 Å². The third-order valence-electron chi connectivity index (χ3n) is 1.87. The van der Waals surface area contributed by atoms with Crippen molar-refractivity contribution in [3.8, 4) is 0 Å². The van der Waals surface area contributed by atoms with Crippen LogP contribution in [0.15, 0.2) is 35.2 Å². The SMILES string of the molecule is CC(C)N.CCCCS(=O)(=O)c1ccccc1. The lowest BCUT2D eigenvalue weighted by molar-refractivity contribution is 0.592. The predicted octanol–water partition coefficient (Wildman–Crippen LogP) is 2.61. The van der Waals surface area contributed by atoms with Gasteiger partial charge in [-0.15, -0.1) is 0 Å². The second kappa shape index (κ2) is 8.25. The van der Waals surface area contributed by atoms with Crippen molar-refractivity contribution in [2.75, 3.05) is 5.75 Å². The Bertz CT molecular complexity index is 382. The van der Waals surface area contributed by atoms with E-state index >= 15 is 0 Å². The Morgan fingerprint density at radius 2 is 1.65 bits per heavy atom. The summed E-state index contributed by atoms with van der Waals surface area (Å²) in [5.74, 6) is 0.257. The zero-order valence-electron chi connectivity index (χ0n) is 10.9. The maximum absolute atomic E-state index is 11.6. The molecular weight excluding hydrogens is 234 g/mol. The van der Waals surface area contributed by atoms with Crippen molar-refractivity contribution in [3.05, 3.63) is 30.3 Å². The Hall–Kier alpha value is -0.870. The molecule has 0 unspecified atom stereocenters. The van der Waals surface area contributed by atoms with Crippen LogP contribution in [0.3, 0.4) is 0 Å². The number of sulfone groups is 1. The van der Waals surface area contributed by atoms with E-state index < -0.39 is 9.84 Å². The van der Waals surface area contributed by atoms with Gasteiger partial charge < -0.3 is 5.73 Å². The van der Waals surface area contributed by atoms with Crippen LogP contribution in [0.5, 0.6) is 0 Å². The van der Waals surface area contributed by atoms with Crippen LogP contribution < -0.4 is 5.73 Å². The summed E-state index contributed by atoms with van der Waals surface area (Å²) in [7, 11) is -3.02. The second-order valence-electron chi connectivity index (χ2n) is 4.23. The van der Waals surface area contributed by atoms with Gasteiger partial charge in [-0.3, -0.25) is 0 Å². The molecule has 0 bridgehead atoms. The average molecular weight is 257 g/mol. The van der Waals surface area contributed by atoms with Crippen LogP contribution >= 0.6 is 0 Å². The highest BCUT2D eigenvalue weighted by Gasteiger charge is 2.11. The molecule has 0 saturated heterocycles. The Balaban J connectivity index is 0.000000557. The standard InChI is InChI=1S/C10H14O2S.C3H9N/c1-2-3-9-13(11,12)10-7-5-4-6-8-10;1-3(2)4/h4-8H,2-3,9H2,1H3;3H,4H2,1-2H3. The molecule has 0 saturated carbocycles. The third-order valence-corrected chi connectivity index (χ3v) is 3.69. The Labute approximate surface area is 105 Å². The molecule has 0 spiro atoms. The summed E-state index contributed by atoms with van der Waals surface area (Å²) in [6.07, 6.45) is 1.64. The number of benzene rings is 1. The smallest absolute Gasteiger partial charge is 0.178 e. The minimum atomic E-state index is -3.02. The molecule has 17 heavy (non-hydrogen) atoms. The van der Waals surface area contributed by atoms with Gasteiger partial charge in [0.05, 0.1) is 10.6 Å². The molecule has 0 atom stereocenters. The molecule has 3 nitrogen and oxygen atoms in total. The lowest BCUT2D eigenvalue weighted by Gasteiger charge is -2.01. The van der Waals surface area contributed by atoms with Crippen molar-refractivity contribution < 1.29 is 8.42 Å². The van der Waals surface area contributed by atoms with Crippen LogP contribution in [0.1, 0.15) is 33.6 Å². The number of nitrogens with two attached hydrogens (primary N) is 1. The van der Waals surface area contributed by atoms with Gasteiger partial charge in [0.1, 0.15) is 0 Å². The highest BCUT2D eigenvalue weighted by Crippen LogP contribution is 2.11. The largest absolute Gasteiger partial charge is 0.328 e. The molecule has 0 amide bonds. The Kier molecular flexibility index (Phi) is 7.83. The number of hydrogen-bond acceptors (Lipinski definition) is 3. The molecule has 98 valence electrons. The molecule has 0 aliphatic heterocycles. The molecule has 1 aromatic carbocycles. The summed E-state index contributed by atoms with van der Waals surface area (Å²) in [4.78, 5) is 0.434. The first-order valence-corrected chi connectivity index (χ1v) is 7.58. The molecule has 1 aromatic rings. The Morgan fingerprint density at radius 3 is 2.06 bits per heavy atom. The number of hydrogen-bond donors (Lipinski definition) is 1. The van der Waals surface area contributed by atoms with Gasteiger partial charge in [-0.05, 0) is 24.6 Å². The molecule has 0 fully saturated rings. The summed E-state index contributed by atoms with van der Waals surface area (Å²) in [5, 5.41) is 0. The van der Waals surface area contributed by atoms with Gasteiger partial charge in [-0.2, -0.15) is 0 Å². The van der Waals surface area contributed by atoms with Gasteiger partial charge in [-0.1, -0.05) is 45.4 Å². The van der Waals surface area contributed by atoms with Gasteiger partial charge in [0.2, 0.25) is 0 Å². The van der Waals surface area contributed by atoms with E-state index in [4.69, 9.17) is 5.73 Å². The first kappa shape index (κ1) is 16.1. The van der Waals surface area contributed by atoms with E-state index in [-0.39, 0.29) is 5.75 Å². The molecule has 0 aliphatic rings. The molecule has 1 rings (SSSR count). The van der Waals surface area contributed by atoms with Crippen LogP contribution in [0, 0.1) is 0 Å². The van der Waals surface area contributed by atoms with Gasteiger partial charge in [0, 0.05) is 0 Å². The summed E-state index contributed by atoms with van der Waals surface area (Å²) in [5.41, 5.74) is 5.11. The van der Waals surface area contributed by atoms with Crippen LogP contribution in [-0.2, 0) is 9.84 Å². The maximum Gasteiger partial charge on any atom is 0.178 e. The second-order valence-corrected chi connectivity index (χ2v) is 6.34. The molecular formula is C13H23NO2S. The van der Waals surface area contributed by atoms with E-state index in [1.165, 1.54) is 0 Å². The van der Waals surface area contributed by atoms with Crippen molar-refractivity contribution in [2.45, 2.75) is 44.6 Å². The van der Waals surface area contributed by atoms with Crippen LogP contribution in [-0.4, -0.2) is 20.2 Å². The molecule has 0 radical (unpaired) electrons. The molecule has 4 heteroatoms. The van der Waals surface area contributed by atoms with Gasteiger partial charge in [0.25, 0.3) is 0 Å². The highest BCUT2D eigenvalue weighted by atomic mass is 32.2. The molecule has 0 aliphatic carbocycles. The number of unbranched alkanes of at least 4 members (excludes halogenated alkanes) is 1. The monoisotopic (exact) mass is 257 g/mol. The Morgan fingerprint density at radius 1 is 1.18 bits per heavy atom. The summed E-state index contributed by atoms with van der Waals surface area (Å²) in [6.45, 7) is 5.88. The van der Waals surface area contributed by atoms with Crippen molar-refractivity contribution in [2.24, 2.45) is 5.73 Å². The van der Waals surface area contributed by atoms with Gasteiger partial charge in [-0.25, -0.2) is 8.42 Å². The van der Waals surface area contributed by atoms with Crippen molar-refractivity contribution in [1.82, 2.24) is 0 Å². The first-order valence-electron chi connectivity index (χ1n) is 5.93. The maximum atomic E-state index is 11.6. The van der Waals surface area contributed by atoms with Crippen LogP contribution in [0.2, 0.25) is 0 Å². The zero-order chi connectivity index (χ0) is 13.3. The predicted molar refractivity (Wildman–Crippen MR) is 72.7 cm³/mol. The summed E-state index contributed by atoms with van der Waals surface area (Å²) >= 11 is 0.